The number of para-hydroxylation sites is 1. The monoisotopic (exact) mass is 414 g/mol. The molecule has 0 N–H and O–H groups in total. The minimum absolute atomic E-state index is 0.284. The molecular formula is C28H46O2. The van der Waals surface area contributed by atoms with E-state index in [1.165, 1.54) is 103 Å². The van der Waals surface area contributed by atoms with Gasteiger partial charge in [-0.25, -0.2) is 4.79 Å². The Kier molecular flexibility index (Phi) is 18.3. The van der Waals surface area contributed by atoms with Gasteiger partial charge in [-0.3, -0.25) is 0 Å². The van der Waals surface area contributed by atoms with Crippen molar-refractivity contribution in [2.24, 2.45) is 0 Å². The maximum absolute atomic E-state index is 11.7. The van der Waals surface area contributed by atoms with Crippen LogP contribution in [0.25, 0.3) is 0 Å². The van der Waals surface area contributed by atoms with Gasteiger partial charge in [0.25, 0.3) is 0 Å². The first kappa shape index (κ1) is 26.5. The van der Waals surface area contributed by atoms with Gasteiger partial charge in [0.05, 0.1) is 0 Å². The Morgan fingerprint density at radius 2 is 1.10 bits per heavy atom. The van der Waals surface area contributed by atoms with Crippen LogP contribution in [0.3, 0.4) is 0 Å². The molecule has 170 valence electrons. The molecule has 0 unspecified atom stereocenters. The zero-order valence-electron chi connectivity index (χ0n) is 19.6. The molecule has 1 aromatic rings. The highest BCUT2D eigenvalue weighted by atomic mass is 16.5. The first-order valence-corrected chi connectivity index (χ1v) is 12.8. The first-order valence-electron chi connectivity index (χ1n) is 12.8. The van der Waals surface area contributed by atoms with E-state index in [4.69, 9.17) is 4.74 Å². The number of esters is 1. The number of carbonyl (C=O) groups excluding carboxylic acids is 1. The summed E-state index contributed by atoms with van der Waals surface area (Å²) in [4.78, 5) is 11.7. The minimum Gasteiger partial charge on any atom is -0.423 e. The van der Waals surface area contributed by atoms with Crippen LogP contribution in [-0.4, -0.2) is 5.97 Å². The van der Waals surface area contributed by atoms with E-state index < -0.39 is 0 Å². The van der Waals surface area contributed by atoms with Crippen molar-refractivity contribution in [3.63, 3.8) is 0 Å². The van der Waals surface area contributed by atoms with Crippen LogP contribution < -0.4 is 4.74 Å². The highest BCUT2D eigenvalue weighted by molar-refractivity contribution is 5.83. The molecule has 0 saturated carbocycles. The molecule has 0 radical (unpaired) electrons. The van der Waals surface area contributed by atoms with Gasteiger partial charge in [-0.1, -0.05) is 134 Å². The molecule has 30 heavy (non-hydrogen) atoms. The Morgan fingerprint density at radius 3 is 1.57 bits per heavy atom. The molecule has 0 aliphatic carbocycles. The fourth-order valence-electron chi connectivity index (χ4n) is 3.81. The summed E-state index contributed by atoms with van der Waals surface area (Å²) in [6, 6.07) is 9.23. The SMILES string of the molecule is CCCCCCCCCCCCCCCCCCCC=CC(=O)Oc1ccccc1. The van der Waals surface area contributed by atoms with Crippen molar-refractivity contribution in [3.8, 4) is 5.75 Å². The second-order valence-electron chi connectivity index (χ2n) is 8.58. The third-order valence-electron chi connectivity index (χ3n) is 5.69. The van der Waals surface area contributed by atoms with Gasteiger partial charge in [-0.05, 0) is 25.0 Å². The third kappa shape index (κ3) is 17.3. The highest BCUT2D eigenvalue weighted by Crippen LogP contribution is 2.14. The van der Waals surface area contributed by atoms with Gasteiger partial charge in [-0.2, -0.15) is 0 Å². The van der Waals surface area contributed by atoms with Gasteiger partial charge in [0, 0.05) is 6.08 Å². The molecule has 0 aromatic heterocycles. The first-order chi connectivity index (χ1) is 14.8. The molecule has 1 rings (SSSR count). The topological polar surface area (TPSA) is 26.3 Å². The van der Waals surface area contributed by atoms with Crippen LogP contribution in [0.4, 0.5) is 0 Å². The van der Waals surface area contributed by atoms with Gasteiger partial charge in [-0.15, -0.1) is 0 Å². The molecule has 0 spiro atoms. The molecule has 0 atom stereocenters. The average molecular weight is 415 g/mol. The molecule has 0 fully saturated rings. The number of carbonyl (C=O) groups is 1. The van der Waals surface area contributed by atoms with Crippen molar-refractivity contribution < 1.29 is 9.53 Å². The van der Waals surface area contributed by atoms with E-state index in [9.17, 15) is 4.79 Å². The van der Waals surface area contributed by atoms with Crippen LogP contribution in [0, 0.1) is 0 Å². The van der Waals surface area contributed by atoms with Crippen molar-refractivity contribution in [1.29, 1.82) is 0 Å². The van der Waals surface area contributed by atoms with Crippen molar-refractivity contribution >= 4 is 5.97 Å². The Labute approximate surface area is 186 Å². The van der Waals surface area contributed by atoms with Crippen LogP contribution in [0.15, 0.2) is 42.5 Å². The van der Waals surface area contributed by atoms with Crippen LogP contribution in [0.1, 0.15) is 122 Å². The fraction of sp³-hybridized carbons (Fsp3) is 0.679. The zero-order chi connectivity index (χ0) is 21.5. The summed E-state index contributed by atoms with van der Waals surface area (Å²) in [6.07, 6.45) is 28.1. The number of rotatable bonds is 20. The maximum Gasteiger partial charge on any atom is 0.335 e. The Morgan fingerprint density at radius 1 is 0.667 bits per heavy atom. The smallest absolute Gasteiger partial charge is 0.335 e. The highest BCUT2D eigenvalue weighted by Gasteiger charge is 1.98. The zero-order valence-corrected chi connectivity index (χ0v) is 19.6. The number of hydrogen-bond donors (Lipinski definition) is 0. The summed E-state index contributed by atoms with van der Waals surface area (Å²) in [5.74, 6) is 0.318. The van der Waals surface area contributed by atoms with Gasteiger partial charge < -0.3 is 4.74 Å². The quantitative estimate of drug-likeness (QED) is 0.0919. The van der Waals surface area contributed by atoms with E-state index in [0.717, 1.165) is 12.8 Å². The summed E-state index contributed by atoms with van der Waals surface area (Å²) >= 11 is 0. The summed E-state index contributed by atoms with van der Waals surface area (Å²) in [5, 5.41) is 0. The summed E-state index contributed by atoms with van der Waals surface area (Å²) < 4.78 is 5.23. The predicted molar refractivity (Wildman–Crippen MR) is 130 cm³/mol. The van der Waals surface area contributed by atoms with Gasteiger partial charge in [0.15, 0.2) is 0 Å². The second kappa shape index (κ2) is 20.7. The standard InChI is InChI=1S/C28H46O2/c1-2-3-4-5-6-7-8-9-10-11-12-13-14-15-16-17-18-19-23-26-28(29)30-27-24-21-20-22-25-27/h20-26H,2-19H2,1H3. The lowest BCUT2D eigenvalue weighted by atomic mass is 10.0. The molecule has 2 nitrogen and oxygen atoms in total. The van der Waals surface area contributed by atoms with E-state index in [0.29, 0.717) is 5.75 Å². The average Bonchev–Trinajstić information content (AvgIpc) is 2.76. The van der Waals surface area contributed by atoms with E-state index in [1.54, 1.807) is 18.2 Å². The molecule has 1 aromatic carbocycles. The molecular weight excluding hydrogens is 368 g/mol. The lowest BCUT2D eigenvalue weighted by Gasteiger charge is -2.03. The largest absolute Gasteiger partial charge is 0.423 e. The summed E-state index contributed by atoms with van der Waals surface area (Å²) in [6.45, 7) is 2.29. The summed E-state index contributed by atoms with van der Waals surface area (Å²) in [7, 11) is 0. The van der Waals surface area contributed by atoms with E-state index in [1.807, 2.05) is 24.3 Å². The minimum atomic E-state index is -0.284. The van der Waals surface area contributed by atoms with E-state index in [-0.39, 0.29) is 5.97 Å². The van der Waals surface area contributed by atoms with Crippen molar-refractivity contribution in [2.45, 2.75) is 122 Å². The van der Waals surface area contributed by atoms with Crippen LogP contribution in [0.5, 0.6) is 5.75 Å². The molecule has 0 heterocycles. The number of unbranched alkanes of at least 4 members (excludes halogenated alkanes) is 17. The molecule has 0 aliphatic rings. The Bertz CT molecular complexity index is 521. The van der Waals surface area contributed by atoms with Crippen LogP contribution >= 0.6 is 0 Å². The summed E-state index contributed by atoms with van der Waals surface area (Å²) in [5.41, 5.74) is 0. The number of allylic oxidation sites excluding steroid dienone is 1. The molecule has 0 amide bonds. The Balaban J connectivity index is 1.77. The van der Waals surface area contributed by atoms with Crippen LogP contribution in [-0.2, 0) is 4.79 Å². The Hall–Kier alpha value is -1.57. The molecule has 0 saturated heterocycles. The van der Waals surface area contributed by atoms with Gasteiger partial charge in [0.2, 0.25) is 0 Å². The number of ether oxygens (including phenoxy) is 1. The lowest BCUT2D eigenvalue weighted by molar-refractivity contribution is -0.129. The molecule has 0 bridgehead atoms. The number of hydrogen-bond acceptors (Lipinski definition) is 2. The van der Waals surface area contributed by atoms with E-state index in [2.05, 4.69) is 6.92 Å². The fourth-order valence-corrected chi connectivity index (χ4v) is 3.81. The maximum atomic E-state index is 11.7. The van der Waals surface area contributed by atoms with E-state index >= 15 is 0 Å². The van der Waals surface area contributed by atoms with Gasteiger partial charge in [0.1, 0.15) is 5.75 Å². The third-order valence-corrected chi connectivity index (χ3v) is 5.69. The molecule has 2 heteroatoms. The molecule has 0 aliphatic heterocycles. The lowest BCUT2D eigenvalue weighted by Crippen LogP contribution is -2.03. The van der Waals surface area contributed by atoms with Crippen LogP contribution in [0.2, 0.25) is 0 Å². The van der Waals surface area contributed by atoms with Crippen molar-refractivity contribution in [3.05, 3.63) is 42.5 Å². The normalized spacial score (nSPS) is 11.2. The number of benzene rings is 1. The van der Waals surface area contributed by atoms with Crippen molar-refractivity contribution in [1.82, 2.24) is 0 Å². The predicted octanol–water partition coefficient (Wildman–Crippen LogP) is 9.19. The van der Waals surface area contributed by atoms with Gasteiger partial charge >= 0.3 is 5.97 Å². The second-order valence-corrected chi connectivity index (χ2v) is 8.58. The van der Waals surface area contributed by atoms with Crippen molar-refractivity contribution in [2.75, 3.05) is 0 Å².